The molecule has 1 atom stereocenters. The largest absolute Gasteiger partial charge is 0.516 e. The summed E-state index contributed by atoms with van der Waals surface area (Å²) in [6.45, 7) is 4.74. The average Bonchev–Trinajstić information content (AvgIpc) is 2.93. The number of unbranched alkanes of at least 4 members (excludes halogenated alkanes) is 7. The maximum Gasteiger partial charge on any atom is 0.516 e. The van der Waals surface area contributed by atoms with Gasteiger partial charge in [-0.2, -0.15) is 0 Å². The molecule has 0 saturated heterocycles. The molecule has 38 heavy (non-hydrogen) atoms. The van der Waals surface area contributed by atoms with Crippen LogP contribution in [-0.4, -0.2) is 29.1 Å². The molecule has 1 unspecified atom stereocenters. The van der Waals surface area contributed by atoms with Gasteiger partial charge < -0.3 is 14.2 Å². The fourth-order valence-corrected chi connectivity index (χ4v) is 4.00. The first-order chi connectivity index (χ1) is 18.6. The third-order valence-electron chi connectivity index (χ3n) is 6.17. The lowest BCUT2D eigenvalue weighted by molar-refractivity contribution is -0.0148. The molecular formula is C31H39FN2O4. The van der Waals surface area contributed by atoms with Crippen molar-refractivity contribution in [1.29, 1.82) is 0 Å². The summed E-state index contributed by atoms with van der Waals surface area (Å²) in [6, 6.07) is 14.8. The minimum atomic E-state index is -1.65. The lowest BCUT2D eigenvalue weighted by Gasteiger charge is -2.10. The molecule has 204 valence electrons. The molecule has 7 heteroatoms. The Morgan fingerprint density at radius 1 is 0.737 bits per heavy atom. The molecule has 0 fully saturated rings. The van der Waals surface area contributed by atoms with Crippen molar-refractivity contribution in [2.75, 3.05) is 6.61 Å². The molecule has 6 nitrogen and oxygen atoms in total. The van der Waals surface area contributed by atoms with Crippen molar-refractivity contribution >= 4 is 6.16 Å². The van der Waals surface area contributed by atoms with Crippen LogP contribution in [0.3, 0.4) is 0 Å². The van der Waals surface area contributed by atoms with Crippen molar-refractivity contribution in [1.82, 2.24) is 9.97 Å². The monoisotopic (exact) mass is 522 g/mol. The number of benzene rings is 2. The van der Waals surface area contributed by atoms with E-state index in [1.54, 1.807) is 24.5 Å². The maximum absolute atomic E-state index is 13.4. The van der Waals surface area contributed by atoms with E-state index in [1.165, 1.54) is 44.9 Å². The fraction of sp³-hybridized carbons (Fsp3) is 0.452. The van der Waals surface area contributed by atoms with Crippen LogP contribution in [0, 0.1) is 0 Å². The van der Waals surface area contributed by atoms with Crippen LogP contribution in [0.4, 0.5) is 9.18 Å². The van der Waals surface area contributed by atoms with Crippen LogP contribution in [0.25, 0.3) is 22.5 Å². The van der Waals surface area contributed by atoms with Gasteiger partial charge >= 0.3 is 6.16 Å². The topological polar surface area (TPSA) is 70.5 Å². The third-order valence-corrected chi connectivity index (χ3v) is 6.17. The van der Waals surface area contributed by atoms with Crippen LogP contribution in [0.2, 0.25) is 0 Å². The Morgan fingerprint density at radius 3 is 1.89 bits per heavy atom. The smallest absolute Gasteiger partial charge is 0.490 e. The molecule has 2 aromatic carbocycles. The number of rotatable bonds is 16. The highest BCUT2D eigenvalue weighted by atomic mass is 19.1. The van der Waals surface area contributed by atoms with Gasteiger partial charge in [0.2, 0.25) is 6.36 Å². The van der Waals surface area contributed by atoms with E-state index in [0.717, 1.165) is 23.1 Å². The second-order valence-corrected chi connectivity index (χ2v) is 9.34. The van der Waals surface area contributed by atoms with Gasteiger partial charge in [-0.05, 0) is 36.1 Å². The molecule has 0 aliphatic heterocycles. The van der Waals surface area contributed by atoms with E-state index in [9.17, 15) is 9.18 Å². The molecule has 0 N–H and O–H groups in total. The Kier molecular flexibility index (Phi) is 12.5. The van der Waals surface area contributed by atoms with Gasteiger partial charge in [-0.1, -0.05) is 95.2 Å². The van der Waals surface area contributed by atoms with E-state index in [0.29, 0.717) is 24.6 Å². The quantitative estimate of drug-likeness (QED) is 0.106. The minimum absolute atomic E-state index is 0.145. The van der Waals surface area contributed by atoms with Gasteiger partial charge in [0.25, 0.3) is 0 Å². The van der Waals surface area contributed by atoms with Crippen molar-refractivity contribution in [3.05, 3.63) is 60.9 Å². The number of hydrogen-bond acceptors (Lipinski definition) is 6. The second kappa shape index (κ2) is 16.4. The predicted octanol–water partition coefficient (Wildman–Crippen LogP) is 8.94. The molecule has 1 heterocycles. The summed E-state index contributed by atoms with van der Waals surface area (Å²) in [4.78, 5) is 20.6. The van der Waals surface area contributed by atoms with Crippen LogP contribution in [0.5, 0.6) is 11.5 Å². The van der Waals surface area contributed by atoms with Crippen molar-refractivity contribution in [3.8, 4) is 34.0 Å². The van der Waals surface area contributed by atoms with Gasteiger partial charge in [-0.25, -0.2) is 19.2 Å². The van der Waals surface area contributed by atoms with Crippen LogP contribution in [0.15, 0.2) is 60.9 Å². The molecule has 0 amide bonds. The number of hydrogen-bond donors (Lipinski definition) is 0. The van der Waals surface area contributed by atoms with E-state index >= 15 is 0 Å². The van der Waals surface area contributed by atoms with Crippen LogP contribution in [-0.2, 0) is 4.74 Å². The summed E-state index contributed by atoms with van der Waals surface area (Å²) in [5.41, 5.74) is 2.83. The first kappa shape index (κ1) is 29.1. The zero-order valence-electron chi connectivity index (χ0n) is 22.5. The van der Waals surface area contributed by atoms with Crippen molar-refractivity contribution in [2.45, 2.75) is 84.4 Å². The first-order valence-corrected chi connectivity index (χ1v) is 13.8. The lowest BCUT2D eigenvalue weighted by Crippen LogP contribution is -2.17. The van der Waals surface area contributed by atoms with Gasteiger partial charge in [-0.3, -0.25) is 0 Å². The molecule has 0 bridgehead atoms. The standard InChI is InChI=1S/C31H39FN2O4/c1-3-5-6-7-8-9-10-11-21-36-28-22-33-30(34-23-28)26-15-13-24(14-16-26)25-17-19-27(20-18-25)37-31(35)38-29(32)12-4-2/h13-20,22-23,29H,3-12,21H2,1-2H3. The molecule has 0 saturated carbocycles. The Balaban J connectivity index is 1.43. The summed E-state index contributed by atoms with van der Waals surface area (Å²) in [5.74, 6) is 1.61. The Morgan fingerprint density at radius 2 is 1.29 bits per heavy atom. The molecule has 0 spiro atoms. The normalized spacial score (nSPS) is 11.7. The number of alkyl halides is 1. The Bertz CT molecular complexity index is 1070. The SMILES string of the molecule is CCCCCCCCCCOc1cnc(-c2ccc(-c3ccc(OC(=O)OC(F)CCC)cc3)cc2)nc1. The van der Waals surface area contributed by atoms with Crippen molar-refractivity contribution in [2.24, 2.45) is 0 Å². The number of carbonyl (C=O) groups excluding carboxylic acids is 1. The molecular weight excluding hydrogens is 483 g/mol. The van der Waals surface area contributed by atoms with Gasteiger partial charge in [0, 0.05) is 12.0 Å². The summed E-state index contributed by atoms with van der Waals surface area (Å²) in [5, 5.41) is 0. The van der Waals surface area contributed by atoms with E-state index in [2.05, 4.69) is 21.6 Å². The van der Waals surface area contributed by atoms with E-state index in [4.69, 9.17) is 9.47 Å². The van der Waals surface area contributed by atoms with E-state index < -0.39 is 12.5 Å². The zero-order chi connectivity index (χ0) is 27.0. The van der Waals surface area contributed by atoms with Gasteiger partial charge in [0.1, 0.15) is 5.75 Å². The maximum atomic E-state index is 13.4. The Labute approximate surface area is 225 Å². The predicted molar refractivity (Wildman–Crippen MR) is 148 cm³/mol. The highest BCUT2D eigenvalue weighted by molar-refractivity contribution is 5.69. The highest BCUT2D eigenvalue weighted by Gasteiger charge is 2.14. The van der Waals surface area contributed by atoms with Crippen LogP contribution < -0.4 is 9.47 Å². The molecule has 0 aliphatic carbocycles. The number of nitrogens with zero attached hydrogens (tertiary/aromatic N) is 2. The van der Waals surface area contributed by atoms with E-state index in [-0.39, 0.29) is 12.2 Å². The van der Waals surface area contributed by atoms with Gasteiger partial charge in [-0.15, -0.1) is 0 Å². The molecule has 3 aromatic rings. The Hall–Kier alpha value is -3.48. The minimum Gasteiger partial charge on any atom is -0.490 e. The van der Waals surface area contributed by atoms with Gasteiger partial charge in [0.15, 0.2) is 11.6 Å². The van der Waals surface area contributed by atoms with E-state index in [1.807, 2.05) is 43.3 Å². The number of aromatic nitrogens is 2. The fourth-order valence-electron chi connectivity index (χ4n) is 4.00. The number of carbonyl (C=O) groups is 1. The zero-order valence-corrected chi connectivity index (χ0v) is 22.5. The number of halogens is 1. The molecule has 0 aliphatic rings. The molecule has 0 radical (unpaired) electrons. The average molecular weight is 523 g/mol. The second-order valence-electron chi connectivity index (χ2n) is 9.34. The van der Waals surface area contributed by atoms with Crippen LogP contribution in [0.1, 0.15) is 78.1 Å². The van der Waals surface area contributed by atoms with Gasteiger partial charge in [0.05, 0.1) is 19.0 Å². The van der Waals surface area contributed by atoms with Crippen molar-refractivity contribution in [3.63, 3.8) is 0 Å². The van der Waals surface area contributed by atoms with Crippen LogP contribution >= 0.6 is 0 Å². The summed E-state index contributed by atoms with van der Waals surface area (Å²) in [7, 11) is 0. The summed E-state index contributed by atoms with van der Waals surface area (Å²) < 4.78 is 28.8. The summed E-state index contributed by atoms with van der Waals surface area (Å²) >= 11 is 0. The summed E-state index contributed by atoms with van der Waals surface area (Å²) in [6.07, 6.45) is 11.6. The lowest BCUT2D eigenvalue weighted by atomic mass is 10.0. The first-order valence-electron chi connectivity index (χ1n) is 13.8. The third kappa shape index (κ3) is 10.1. The number of ether oxygens (including phenoxy) is 3. The molecule has 1 aromatic heterocycles. The molecule has 3 rings (SSSR count). The van der Waals surface area contributed by atoms with Crippen molar-refractivity contribution < 1.29 is 23.4 Å². The highest BCUT2D eigenvalue weighted by Crippen LogP contribution is 2.26.